The molecule has 1 nitrogen and oxygen atoms in total. The highest BCUT2D eigenvalue weighted by molar-refractivity contribution is 5.35. The number of nitrogens with zero attached hydrogens (tertiary/aromatic N) is 1. The number of rotatable bonds is 2. The van der Waals surface area contributed by atoms with Crippen molar-refractivity contribution in [3.63, 3.8) is 0 Å². The summed E-state index contributed by atoms with van der Waals surface area (Å²) in [5.41, 5.74) is 2.41. The lowest BCUT2D eigenvalue weighted by Crippen LogP contribution is -2.08. The van der Waals surface area contributed by atoms with E-state index in [0.29, 0.717) is 5.92 Å². The topological polar surface area (TPSA) is 23.8 Å². The standard InChI is InChI=1S/C11H15N/c1-3-9-6-5-7-10(8-12)11(9)4-2/h6-7,11H,3-5H2,1-2H3. The number of hydrogen-bond acceptors (Lipinski definition) is 1. The number of nitriles is 1. The van der Waals surface area contributed by atoms with Gasteiger partial charge in [-0.3, -0.25) is 0 Å². The molecule has 0 radical (unpaired) electrons. The van der Waals surface area contributed by atoms with Crippen molar-refractivity contribution in [3.8, 4) is 6.07 Å². The second kappa shape index (κ2) is 4.11. The average molecular weight is 161 g/mol. The van der Waals surface area contributed by atoms with Crippen molar-refractivity contribution in [1.82, 2.24) is 0 Å². The second-order valence-corrected chi connectivity index (χ2v) is 3.10. The van der Waals surface area contributed by atoms with Crippen molar-refractivity contribution in [2.45, 2.75) is 33.1 Å². The van der Waals surface area contributed by atoms with Crippen LogP contribution in [0.4, 0.5) is 0 Å². The van der Waals surface area contributed by atoms with Gasteiger partial charge < -0.3 is 0 Å². The molecular formula is C11H15N. The van der Waals surface area contributed by atoms with Crippen LogP contribution in [-0.2, 0) is 0 Å². The van der Waals surface area contributed by atoms with Crippen LogP contribution in [-0.4, -0.2) is 0 Å². The molecule has 0 N–H and O–H groups in total. The van der Waals surface area contributed by atoms with Crippen LogP contribution in [0.3, 0.4) is 0 Å². The van der Waals surface area contributed by atoms with Gasteiger partial charge in [0, 0.05) is 11.5 Å². The summed E-state index contributed by atoms with van der Waals surface area (Å²) in [4.78, 5) is 0. The molecule has 0 saturated carbocycles. The maximum absolute atomic E-state index is 8.86. The number of hydrogen-bond donors (Lipinski definition) is 0. The predicted octanol–water partition coefficient (Wildman–Crippen LogP) is 3.20. The van der Waals surface area contributed by atoms with Gasteiger partial charge in [-0.25, -0.2) is 0 Å². The van der Waals surface area contributed by atoms with Gasteiger partial charge in [-0.2, -0.15) is 5.26 Å². The largest absolute Gasteiger partial charge is 0.193 e. The highest BCUT2D eigenvalue weighted by Crippen LogP contribution is 2.29. The Kier molecular flexibility index (Phi) is 3.10. The lowest BCUT2D eigenvalue weighted by atomic mass is 9.83. The first-order valence-corrected chi connectivity index (χ1v) is 4.62. The zero-order chi connectivity index (χ0) is 8.97. The van der Waals surface area contributed by atoms with Crippen molar-refractivity contribution in [2.24, 2.45) is 5.92 Å². The third-order valence-corrected chi connectivity index (χ3v) is 2.49. The summed E-state index contributed by atoms with van der Waals surface area (Å²) >= 11 is 0. The molecule has 0 fully saturated rings. The van der Waals surface area contributed by atoms with E-state index < -0.39 is 0 Å². The fraction of sp³-hybridized carbons (Fsp3) is 0.545. The van der Waals surface area contributed by atoms with Gasteiger partial charge in [-0.1, -0.05) is 31.6 Å². The van der Waals surface area contributed by atoms with E-state index in [9.17, 15) is 0 Å². The third kappa shape index (κ3) is 1.58. The first-order chi connectivity index (χ1) is 5.83. The molecular weight excluding hydrogens is 146 g/mol. The van der Waals surface area contributed by atoms with E-state index in [1.807, 2.05) is 6.08 Å². The lowest BCUT2D eigenvalue weighted by molar-refractivity contribution is 0.661. The molecule has 0 aliphatic heterocycles. The molecule has 1 rings (SSSR count). The van der Waals surface area contributed by atoms with Gasteiger partial charge in [0.15, 0.2) is 0 Å². The molecule has 12 heavy (non-hydrogen) atoms. The van der Waals surface area contributed by atoms with E-state index >= 15 is 0 Å². The lowest BCUT2D eigenvalue weighted by Gasteiger charge is -2.20. The molecule has 64 valence electrons. The maximum Gasteiger partial charge on any atom is 0.0950 e. The zero-order valence-corrected chi connectivity index (χ0v) is 7.80. The summed E-state index contributed by atoms with van der Waals surface area (Å²) in [6.07, 6.45) is 7.39. The van der Waals surface area contributed by atoms with Crippen LogP contribution in [0, 0.1) is 17.2 Å². The monoisotopic (exact) mass is 161 g/mol. The molecule has 0 aromatic rings. The van der Waals surface area contributed by atoms with Crippen LogP contribution in [0.2, 0.25) is 0 Å². The van der Waals surface area contributed by atoms with Crippen molar-refractivity contribution >= 4 is 0 Å². The molecule has 0 bridgehead atoms. The van der Waals surface area contributed by atoms with Crippen LogP contribution in [0.15, 0.2) is 23.3 Å². The van der Waals surface area contributed by atoms with E-state index in [0.717, 1.165) is 24.8 Å². The van der Waals surface area contributed by atoms with Gasteiger partial charge in [-0.15, -0.1) is 0 Å². The van der Waals surface area contributed by atoms with E-state index in [4.69, 9.17) is 5.26 Å². The molecule has 0 amide bonds. The molecule has 1 aliphatic rings. The minimum Gasteiger partial charge on any atom is -0.193 e. The molecule has 1 heteroatoms. The first-order valence-electron chi connectivity index (χ1n) is 4.62. The van der Waals surface area contributed by atoms with Crippen LogP contribution in [0.25, 0.3) is 0 Å². The number of allylic oxidation sites excluding steroid dienone is 4. The van der Waals surface area contributed by atoms with Crippen LogP contribution in [0.1, 0.15) is 33.1 Å². The van der Waals surface area contributed by atoms with Crippen molar-refractivity contribution < 1.29 is 0 Å². The van der Waals surface area contributed by atoms with E-state index in [1.54, 1.807) is 0 Å². The van der Waals surface area contributed by atoms with Crippen molar-refractivity contribution in [2.75, 3.05) is 0 Å². The molecule has 1 atom stereocenters. The fourth-order valence-electron chi connectivity index (χ4n) is 1.82. The summed E-state index contributed by atoms with van der Waals surface area (Å²) in [5, 5.41) is 8.86. The summed E-state index contributed by atoms with van der Waals surface area (Å²) in [6.45, 7) is 4.31. The molecule has 0 heterocycles. The highest BCUT2D eigenvalue weighted by Gasteiger charge is 2.17. The van der Waals surface area contributed by atoms with Crippen LogP contribution >= 0.6 is 0 Å². The smallest absolute Gasteiger partial charge is 0.0950 e. The molecule has 1 aliphatic carbocycles. The van der Waals surface area contributed by atoms with Gasteiger partial charge in [0.25, 0.3) is 0 Å². The quantitative estimate of drug-likeness (QED) is 0.570. The van der Waals surface area contributed by atoms with Gasteiger partial charge >= 0.3 is 0 Å². The van der Waals surface area contributed by atoms with Gasteiger partial charge in [0.1, 0.15) is 0 Å². The molecule has 1 unspecified atom stereocenters. The summed E-state index contributed by atoms with van der Waals surface area (Å²) in [5.74, 6) is 0.411. The van der Waals surface area contributed by atoms with Crippen molar-refractivity contribution in [3.05, 3.63) is 23.3 Å². The Balaban J connectivity index is 2.83. The Hall–Kier alpha value is -1.03. The Morgan fingerprint density at radius 1 is 1.50 bits per heavy atom. The molecule has 0 spiro atoms. The highest BCUT2D eigenvalue weighted by atomic mass is 14.3. The molecule has 0 saturated heterocycles. The van der Waals surface area contributed by atoms with Gasteiger partial charge in [0.2, 0.25) is 0 Å². The third-order valence-electron chi connectivity index (χ3n) is 2.49. The summed E-state index contributed by atoms with van der Waals surface area (Å²) < 4.78 is 0. The second-order valence-electron chi connectivity index (χ2n) is 3.10. The first kappa shape index (κ1) is 9.06. The average Bonchev–Trinajstić information content (AvgIpc) is 2.16. The minimum absolute atomic E-state index is 0.411. The summed E-state index contributed by atoms with van der Waals surface area (Å²) in [7, 11) is 0. The fourth-order valence-corrected chi connectivity index (χ4v) is 1.82. The predicted molar refractivity (Wildman–Crippen MR) is 50.5 cm³/mol. The van der Waals surface area contributed by atoms with E-state index in [2.05, 4.69) is 26.0 Å². The Morgan fingerprint density at radius 3 is 2.75 bits per heavy atom. The zero-order valence-electron chi connectivity index (χ0n) is 7.80. The SMILES string of the molecule is CCC1=CCC=C(C#N)C1CC. The van der Waals surface area contributed by atoms with Gasteiger partial charge in [0.05, 0.1) is 6.07 Å². The van der Waals surface area contributed by atoms with Gasteiger partial charge in [-0.05, 0) is 19.3 Å². The van der Waals surface area contributed by atoms with Crippen LogP contribution < -0.4 is 0 Å². The maximum atomic E-state index is 8.86. The van der Waals surface area contributed by atoms with E-state index in [1.165, 1.54) is 5.57 Å². The molecule has 0 aromatic carbocycles. The van der Waals surface area contributed by atoms with E-state index in [-0.39, 0.29) is 0 Å². The Labute approximate surface area is 74.4 Å². The molecule has 0 aromatic heterocycles. The Morgan fingerprint density at radius 2 is 2.25 bits per heavy atom. The normalized spacial score (nSPS) is 22.6. The van der Waals surface area contributed by atoms with Crippen molar-refractivity contribution in [1.29, 1.82) is 5.26 Å². The minimum atomic E-state index is 0.411. The van der Waals surface area contributed by atoms with Crippen LogP contribution in [0.5, 0.6) is 0 Å². The Bertz CT molecular complexity index is 253. The summed E-state index contributed by atoms with van der Waals surface area (Å²) in [6, 6.07) is 2.29.